The fourth-order valence-electron chi connectivity index (χ4n) is 0.543. The molecule has 0 aromatic carbocycles. The average Bonchev–Trinajstić information content (AvgIpc) is 2.14. The third-order valence-electron chi connectivity index (χ3n) is 0.918. The van der Waals surface area contributed by atoms with E-state index in [2.05, 4.69) is 5.32 Å². The number of aldehydes is 1. The molecule has 8 heavy (non-hydrogen) atoms. The maximum atomic E-state index is 10.3. The summed E-state index contributed by atoms with van der Waals surface area (Å²) in [5.74, 6) is -0.105. The van der Waals surface area contributed by atoms with Crippen molar-refractivity contribution in [3.63, 3.8) is 0 Å². The van der Waals surface area contributed by atoms with Gasteiger partial charge >= 0.3 is 0 Å². The number of hydrogen-bond donors (Lipinski definition) is 1. The van der Waals surface area contributed by atoms with Crippen LogP contribution in [0.15, 0.2) is 11.8 Å². The van der Waals surface area contributed by atoms with Gasteiger partial charge < -0.3 is 5.32 Å². The van der Waals surface area contributed by atoms with Crippen LogP contribution in [0.4, 0.5) is 0 Å². The Bertz CT molecular complexity index is 160. The number of rotatable bonds is 1. The molecule has 0 unspecified atom stereocenters. The number of allylic oxidation sites excluding steroid dienone is 1. The van der Waals surface area contributed by atoms with Crippen LogP contribution in [-0.2, 0) is 9.59 Å². The molecule has 0 saturated heterocycles. The van der Waals surface area contributed by atoms with Crippen LogP contribution in [-0.4, -0.2) is 12.2 Å². The first-order valence-electron chi connectivity index (χ1n) is 2.28. The van der Waals surface area contributed by atoms with Gasteiger partial charge in [-0.05, 0) is 6.08 Å². The lowest BCUT2D eigenvalue weighted by atomic mass is 10.4. The van der Waals surface area contributed by atoms with Crippen molar-refractivity contribution >= 4 is 12.2 Å². The molecular weight excluding hydrogens is 106 g/mol. The summed E-state index contributed by atoms with van der Waals surface area (Å²) in [5, 5.41) is 2.36. The average molecular weight is 111 g/mol. The van der Waals surface area contributed by atoms with Crippen molar-refractivity contribution in [3.05, 3.63) is 11.8 Å². The van der Waals surface area contributed by atoms with E-state index in [4.69, 9.17) is 0 Å². The van der Waals surface area contributed by atoms with Crippen molar-refractivity contribution in [1.82, 2.24) is 5.32 Å². The van der Waals surface area contributed by atoms with Crippen LogP contribution in [0.3, 0.4) is 0 Å². The molecule has 0 radical (unpaired) electrons. The van der Waals surface area contributed by atoms with Gasteiger partial charge in [0.25, 0.3) is 0 Å². The first-order chi connectivity index (χ1) is 3.83. The summed E-state index contributed by atoms with van der Waals surface area (Å²) >= 11 is 0. The summed E-state index contributed by atoms with van der Waals surface area (Å²) in [6.45, 7) is 0. The molecule has 1 heterocycles. The van der Waals surface area contributed by atoms with E-state index in [1.165, 1.54) is 0 Å². The molecule has 1 aliphatic rings. The van der Waals surface area contributed by atoms with Crippen molar-refractivity contribution < 1.29 is 9.59 Å². The van der Waals surface area contributed by atoms with Crippen molar-refractivity contribution in [3.8, 4) is 0 Å². The van der Waals surface area contributed by atoms with Gasteiger partial charge in [-0.1, -0.05) is 0 Å². The van der Waals surface area contributed by atoms with Gasteiger partial charge in [-0.25, -0.2) is 0 Å². The van der Waals surface area contributed by atoms with E-state index in [0.29, 0.717) is 18.4 Å². The van der Waals surface area contributed by atoms with Crippen LogP contribution in [0.2, 0.25) is 0 Å². The summed E-state index contributed by atoms with van der Waals surface area (Å²) in [5.41, 5.74) is 0.384. The second-order valence-electron chi connectivity index (χ2n) is 1.53. The van der Waals surface area contributed by atoms with Gasteiger partial charge in [0.1, 0.15) is 0 Å². The Balaban J connectivity index is 2.61. The summed E-state index contributed by atoms with van der Waals surface area (Å²) < 4.78 is 0. The maximum absolute atomic E-state index is 10.3. The second kappa shape index (κ2) is 1.78. The summed E-state index contributed by atoms with van der Waals surface area (Å²) in [6, 6.07) is 0. The molecule has 1 N–H and O–H groups in total. The summed E-state index contributed by atoms with van der Waals surface area (Å²) in [7, 11) is 0. The van der Waals surface area contributed by atoms with Crippen LogP contribution in [0.1, 0.15) is 6.42 Å². The SMILES string of the molecule is O=CC1=CCC(=O)N1. The largest absolute Gasteiger partial charge is 0.323 e. The zero-order valence-electron chi connectivity index (χ0n) is 4.18. The third-order valence-corrected chi connectivity index (χ3v) is 0.918. The third kappa shape index (κ3) is 0.753. The van der Waals surface area contributed by atoms with Crippen molar-refractivity contribution in [2.24, 2.45) is 0 Å². The van der Waals surface area contributed by atoms with E-state index in [9.17, 15) is 9.59 Å². The highest BCUT2D eigenvalue weighted by molar-refractivity contribution is 5.91. The molecule has 1 amide bonds. The first kappa shape index (κ1) is 5.03. The second-order valence-corrected chi connectivity index (χ2v) is 1.53. The van der Waals surface area contributed by atoms with Crippen molar-refractivity contribution in [2.45, 2.75) is 6.42 Å². The molecule has 3 heteroatoms. The molecule has 3 nitrogen and oxygen atoms in total. The molecule has 0 aromatic heterocycles. The van der Waals surface area contributed by atoms with E-state index in [1.807, 2.05) is 0 Å². The minimum atomic E-state index is -0.105. The predicted octanol–water partition coefficient (Wildman–Crippen LogP) is -0.411. The van der Waals surface area contributed by atoms with Gasteiger partial charge in [-0.2, -0.15) is 0 Å². The molecule has 0 saturated carbocycles. The lowest BCUT2D eigenvalue weighted by Crippen LogP contribution is -2.15. The highest BCUT2D eigenvalue weighted by atomic mass is 16.2. The zero-order valence-corrected chi connectivity index (χ0v) is 4.18. The molecule has 1 rings (SSSR count). The Hall–Kier alpha value is -1.12. The molecule has 0 spiro atoms. The molecule has 0 aromatic rings. The Morgan fingerprint density at radius 2 is 2.50 bits per heavy atom. The zero-order chi connectivity index (χ0) is 5.98. The fraction of sp³-hybridized carbons (Fsp3) is 0.200. The predicted molar refractivity (Wildman–Crippen MR) is 26.9 cm³/mol. The van der Waals surface area contributed by atoms with E-state index in [0.717, 1.165) is 0 Å². The first-order valence-corrected chi connectivity index (χ1v) is 2.28. The van der Waals surface area contributed by atoms with Gasteiger partial charge in [0.15, 0.2) is 6.29 Å². The van der Waals surface area contributed by atoms with E-state index < -0.39 is 0 Å². The maximum Gasteiger partial charge on any atom is 0.228 e. The van der Waals surface area contributed by atoms with E-state index >= 15 is 0 Å². The fourth-order valence-corrected chi connectivity index (χ4v) is 0.543. The quantitative estimate of drug-likeness (QED) is 0.467. The Kier molecular flexibility index (Phi) is 1.12. The molecule has 0 atom stereocenters. The Labute approximate surface area is 46.4 Å². The van der Waals surface area contributed by atoms with Crippen molar-refractivity contribution in [2.75, 3.05) is 0 Å². The van der Waals surface area contributed by atoms with Gasteiger partial charge in [0.05, 0.1) is 5.70 Å². The van der Waals surface area contributed by atoms with Crippen molar-refractivity contribution in [1.29, 1.82) is 0 Å². The smallest absolute Gasteiger partial charge is 0.228 e. The minimum Gasteiger partial charge on any atom is -0.323 e. The van der Waals surface area contributed by atoms with Crippen LogP contribution in [0.5, 0.6) is 0 Å². The number of carbonyl (C=O) groups is 2. The van der Waals surface area contributed by atoms with Crippen LogP contribution in [0, 0.1) is 0 Å². The van der Waals surface area contributed by atoms with Gasteiger partial charge in [0.2, 0.25) is 5.91 Å². The standard InChI is InChI=1S/C5H5NO2/c7-3-4-1-2-5(8)6-4/h1,3H,2H2,(H,6,8). The highest BCUT2D eigenvalue weighted by Gasteiger charge is 2.08. The Morgan fingerprint density at radius 3 is 2.75 bits per heavy atom. The molecule has 42 valence electrons. The molecule has 0 fully saturated rings. The normalized spacial score (nSPS) is 17.5. The monoisotopic (exact) mass is 111 g/mol. The van der Waals surface area contributed by atoms with E-state index in [-0.39, 0.29) is 5.91 Å². The Morgan fingerprint density at radius 1 is 1.75 bits per heavy atom. The topological polar surface area (TPSA) is 46.2 Å². The lowest BCUT2D eigenvalue weighted by Gasteiger charge is -1.87. The van der Waals surface area contributed by atoms with Gasteiger partial charge in [-0.3, -0.25) is 9.59 Å². The van der Waals surface area contributed by atoms with Crippen LogP contribution < -0.4 is 5.32 Å². The molecule has 1 aliphatic heterocycles. The van der Waals surface area contributed by atoms with E-state index in [1.54, 1.807) is 6.08 Å². The molecule has 0 aliphatic carbocycles. The molecule has 0 bridgehead atoms. The lowest BCUT2D eigenvalue weighted by molar-refractivity contribution is -0.119. The van der Waals surface area contributed by atoms with Gasteiger partial charge in [-0.15, -0.1) is 0 Å². The molecular formula is C5H5NO2. The van der Waals surface area contributed by atoms with Crippen LogP contribution >= 0.6 is 0 Å². The van der Waals surface area contributed by atoms with Crippen LogP contribution in [0.25, 0.3) is 0 Å². The summed E-state index contributed by atoms with van der Waals surface area (Å²) in [6.07, 6.45) is 2.54. The summed E-state index contributed by atoms with van der Waals surface area (Å²) in [4.78, 5) is 20.2. The number of carbonyl (C=O) groups excluding carboxylic acids is 2. The number of hydrogen-bond acceptors (Lipinski definition) is 2. The van der Waals surface area contributed by atoms with Gasteiger partial charge in [0, 0.05) is 6.42 Å². The minimum absolute atomic E-state index is 0.105. The highest BCUT2D eigenvalue weighted by Crippen LogP contribution is 1.97. The number of amides is 1. The number of nitrogens with one attached hydrogen (secondary N) is 1.